The molecule has 0 heterocycles. The first-order valence-corrected chi connectivity index (χ1v) is 4.60. The molecule has 5 heteroatoms. The number of aliphatic hydroxyl groups excluding tert-OH is 2. The zero-order valence-electron chi connectivity index (χ0n) is 9.06. The van der Waals surface area contributed by atoms with E-state index in [0.717, 1.165) is 0 Å². The van der Waals surface area contributed by atoms with Gasteiger partial charge in [0.05, 0.1) is 34.2 Å². The second-order valence-electron chi connectivity index (χ2n) is 4.27. The number of likely N-dealkylation sites (N-methyl/N-ethyl adjacent to an activating group) is 1. The lowest BCUT2D eigenvalue weighted by molar-refractivity contribution is -0.873. The monoisotopic (exact) mass is 206 g/mol. The molecule has 84 valence electrons. The van der Waals surface area contributed by atoms with Crippen LogP contribution < -0.4 is 0 Å². The van der Waals surface area contributed by atoms with Gasteiger partial charge in [0.25, 0.3) is 0 Å². The fourth-order valence-corrected chi connectivity index (χ4v) is 1.11. The lowest BCUT2D eigenvalue weighted by Gasteiger charge is -2.26. The van der Waals surface area contributed by atoms with Gasteiger partial charge in [0, 0.05) is 0 Å². The topological polar surface area (TPSA) is 66.8 Å². The number of carbonyl (C=O) groups excluding carboxylic acids is 1. The molecule has 0 saturated heterocycles. The first kappa shape index (κ1) is 13.4. The maximum atomic E-state index is 11.0. The number of hydrogen-bond donors (Lipinski definition) is 2. The fraction of sp³-hybridized carbons (Fsp3) is 0.889. The minimum absolute atomic E-state index is 0.00404. The predicted octanol–water partition coefficient (Wildman–Crippen LogP) is -1.02. The van der Waals surface area contributed by atoms with Crippen molar-refractivity contribution in [2.24, 2.45) is 0 Å². The highest BCUT2D eigenvalue weighted by atomic mass is 16.5. The maximum absolute atomic E-state index is 11.0. The summed E-state index contributed by atoms with van der Waals surface area (Å²) >= 11 is 0. The number of quaternary nitrogens is 1. The molecule has 0 aliphatic heterocycles. The Labute approximate surface area is 84.5 Å². The van der Waals surface area contributed by atoms with Crippen molar-refractivity contribution in [1.29, 1.82) is 0 Å². The minimum atomic E-state index is -0.693. The Kier molecular flexibility index (Phi) is 5.68. The van der Waals surface area contributed by atoms with E-state index in [0.29, 0.717) is 11.0 Å². The van der Waals surface area contributed by atoms with Crippen molar-refractivity contribution in [3.05, 3.63) is 0 Å². The highest BCUT2D eigenvalue weighted by Gasteiger charge is 2.19. The number of esters is 1. The predicted molar refractivity (Wildman–Crippen MR) is 51.6 cm³/mol. The summed E-state index contributed by atoms with van der Waals surface area (Å²) in [4.78, 5) is 11.0. The average molecular weight is 206 g/mol. The lowest BCUT2D eigenvalue weighted by Crippen LogP contribution is -2.42. The minimum Gasteiger partial charge on any atom is -0.463 e. The van der Waals surface area contributed by atoms with E-state index in [1.165, 1.54) is 0 Å². The van der Waals surface area contributed by atoms with Gasteiger partial charge in [-0.25, -0.2) is 0 Å². The van der Waals surface area contributed by atoms with Gasteiger partial charge in [-0.1, -0.05) is 0 Å². The highest BCUT2D eigenvalue weighted by Crippen LogP contribution is 2.00. The molecule has 0 rings (SSSR count). The molecule has 0 saturated carbocycles. The number of ether oxygens (including phenoxy) is 1. The Hall–Kier alpha value is -0.650. The van der Waals surface area contributed by atoms with Crippen LogP contribution in [0.2, 0.25) is 0 Å². The normalized spacial score (nSPS) is 13.8. The number of aliphatic hydroxyl groups is 2. The highest BCUT2D eigenvalue weighted by molar-refractivity contribution is 5.69. The largest absolute Gasteiger partial charge is 0.463 e. The van der Waals surface area contributed by atoms with Crippen LogP contribution >= 0.6 is 0 Å². The maximum Gasteiger partial charge on any atom is 0.308 e. The van der Waals surface area contributed by atoms with Gasteiger partial charge in [0.2, 0.25) is 0 Å². The number of rotatable bonds is 6. The van der Waals surface area contributed by atoms with Gasteiger partial charge >= 0.3 is 5.97 Å². The van der Waals surface area contributed by atoms with Crippen molar-refractivity contribution in [2.75, 3.05) is 40.9 Å². The first-order valence-electron chi connectivity index (χ1n) is 4.60. The molecule has 0 aromatic heterocycles. The molecule has 0 aliphatic rings. The van der Waals surface area contributed by atoms with Crippen LogP contribution in [0, 0.1) is 0 Å². The summed E-state index contributed by atoms with van der Waals surface area (Å²) in [6.07, 6.45) is -0.712. The average Bonchev–Trinajstić information content (AvgIpc) is 1.96. The summed E-state index contributed by atoms with van der Waals surface area (Å²) in [5, 5.41) is 17.9. The summed E-state index contributed by atoms with van der Waals surface area (Å²) in [5.74, 6) is -0.472. The molecule has 0 aromatic rings. The van der Waals surface area contributed by atoms with E-state index >= 15 is 0 Å². The van der Waals surface area contributed by atoms with Crippen LogP contribution in [0.25, 0.3) is 0 Å². The molecule has 0 bridgehead atoms. The Morgan fingerprint density at radius 2 is 2.00 bits per heavy atom. The van der Waals surface area contributed by atoms with Crippen molar-refractivity contribution in [3.8, 4) is 0 Å². The molecule has 14 heavy (non-hydrogen) atoms. The molecule has 0 aliphatic carbocycles. The van der Waals surface area contributed by atoms with Gasteiger partial charge in [0.15, 0.2) is 0 Å². The Bertz CT molecular complexity index is 176. The zero-order chi connectivity index (χ0) is 11.2. The van der Waals surface area contributed by atoms with Gasteiger partial charge in [-0.2, -0.15) is 0 Å². The van der Waals surface area contributed by atoms with Crippen molar-refractivity contribution >= 4 is 5.97 Å². The zero-order valence-corrected chi connectivity index (χ0v) is 9.06. The second-order valence-corrected chi connectivity index (χ2v) is 4.27. The molecule has 0 spiro atoms. The third-order valence-electron chi connectivity index (χ3n) is 1.52. The number of nitrogens with zero attached hydrogens (tertiary/aromatic N) is 1. The molecule has 0 fully saturated rings. The smallest absolute Gasteiger partial charge is 0.308 e. The van der Waals surface area contributed by atoms with Gasteiger partial charge in [0.1, 0.15) is 19.3 Å². The van der Waals surface area contributed by atoms with Gasteiger partial charge in [-0.3, -0.25) is 4.79 Å². The Balaban J connectivity index is 3.71. The first-order chi connectivity index (χ1) is 6.35. The van der Waals surface area contributed by atoms with Gasteiger partial charge < -0.3 is 19.4 Å². The molecular weight excluding hydrogens is 186 g/mol. The summed E-state index contributed by atoms with van der Waals surface area (Å²) in [5.41, 5.74) is 0. The summed E-state index contributed by atoms with van der Waals surface area (Å²) in [6, 6.07) is 0. The summed E-state index contributed by atoms with van der Waals surface area (Å²) in [7, 11) is 5.80. The van der Waals surface area contributed by atoms with Gasteiger partial charge in [-0.05, 0) is 0 Å². The standard InChI is InChI=1S/C9H20NO4/c1-10(2,3)7-8(12)6-9(13)14-5-4-11/h8,11-12H,4-7H2,1-3H3/q+1. The Morgan fingerprint density at radius 1 is 1.43 bits per heavy atom. The molecular formula is C9H20NO4+. The van der Waals surface area contributed by atoms with E-state index in [2.05, 4.69) is 4.74 Å². The van der Waals surface area contributed by atoms with E-state index in [1.807, 2.05) is 21.1 Å². The van der Waals surface area contributed by atoms with Crippen LogP contribution in [0.4, 0.5) is 0 Å². The molecule has 1 atom stereocenters. The van der Waals surface area contributed by atoms with E-state index in [1.54, 1.807) is 0 Å². The van der Waals surface area contributed by atoms with E-state index in [9.17, 15) is 9.90 Å². The van der Waals surface area contributed by atoms with Crippen molar-refractivity contribution < 1.29 is 24.2 Å². The van der Waals surface area contributed by atoms with Crippen LogP contribution in [0.15, 0.2) is 0 Å². The third kappa shape index (κ3) is 7.97. The molecule has 1 unspecified atom stereocenters. The van der Waals surface area contributed by atoms with Crippen LogP contribution in [0.3, 0.4) is 0 Å². The summed E-state index contributed by atoms with van der Waals surface area (Å²) in [6.45, 7) is 0.307. The van der Waals surface area contributed by atoms with Crippen LogP contribution in [-0.4, -0.2) is 67.7 Å². The van der Waals surface area contributed by atoms with Crippen molar-refractivity contribution in [2.45, 2.75) is 12.5 Å². The van der Waals surface area contributed by atoms with E-state index in [4.69, 9.17) is 5.11 Å². The molecule has 2 N–H and O–H groups in total. The van der Waals surface area contributed by atoms with Crippen LogP contribution in [-0.2, 0) is 9.53 Å². The molecule has 0 aromatic carbocycles. The number of carbonyl (C=O) groups is 1. The van der Waals surface area contributed by atoms with Crippen LogP contribution in [0.5, 0.6) is 0 Å². The van der Waals surface area contributed by atoms with Gasteiger partial charge in [-0.15, -0.1) is 0 Å². The van der Waals surface area contributed by atoms with Crippen molar-refractivity contribution in [1.82, 2.24) is 0 Å². The molecule has 0 radical (unpaired) electrons. The second kappa shape index (κ2) is 5.95. The third-order valence-corrected chi connectivity index (χ3v) is 1.52. The van der Waals surface area contributed by atoms with E-state index in [-0.39, 0.29) is 19.6 Å². The Morgan fingerprint density at radius 3 is 2.43 bits per heavy atom. The van der Waals surface area contributed by atoms with Crippen molar-refractivity contribution in [3.63, 3.8) is 0 Å². The van der Waals surface area contributed by atoms with Crippen LogP contribution in [0.1, 0.15) is 6.42 Å². The SMILES string of the molecule is C[N+](C)(C)CC(O)CC(=O)OCCO. The van der Waals surface area contributed by atoms with E-state index < -0.39 is 12.1 Å². The number of hydrogen-bond acceptors (Lipinski definition) is 4. The molecule has 0 amide bonds. The fourth-order valence-electron chi connectivity index (χ4n) is 1.11. The molecule has 5 nitrogen and oxygen atoms in total. The summed E-state index contributed by atoms with van der Waals surface area (Å²) < 4.78 is 5.21. The quantitative estimate of drug-likeness (QED) is 0.431. The lowest BCUT2D eigenvalue weighted by atomic mass is 10.2.